The third-order valence-corrected chi connectivity index (χ3v) is 11.2. The number of aliphatic hydroxyl groups is 2. The Balaban J connectivity index is 3.98. The summed E-state index contributed by atoms with van der Waals surface area (Å²) < 4.78 is 33.4. The third-order valence-electron chi connectivity index (χ3n) is 10.2. The highest BCUT2D eigenvalue weighted by atomic mass is 31.2. The second kappa shape index (κ2) is 42.8. The average molecular weight is 805 g/mol. The summed E-state index contributed by atoms with van der Waals surface area (Å²) in [4.78, 5) is 22.5. The van der Waals surface area contributed by atoms with Gasteiger partial charge in [-0.2, -0.15) is 0 Å². The van der Waals surface area contributed by atoms with Gasteiger partial charge in [0.2, 0.25) is 0 Å². The van der Waals surface area contributed by atoms with E-state index in [1.807, 2.05) is 0 Å². The van der Waals surface area contributed by atoms with Gasteiger partial charge in [0, 0.05) is 13.0 Å². The van der Waals surface area contributed by atoms with Crippen molar-refractivity contribution in [1.82, 2.24) is 0 Å². The normalized spacial score (nSPS) is 14.1. The highest BCUT2D eigenvalue weighted by Gasteiger charge is 2.26. The lowest BCUT2D eigenvalue weighted by Crippen LogP contribution is -2.29. The number of ether oxygens (including phenoxy) is 2. The van der Waals surface area contributed by atoms with Gasteiger partial charge in [-0.25, -0.2) is 4.57 Å². The minimum absolute atomic E-state index is 0.0517. The lowest BCUT2D eigenvalue weighted by molar-refractivity contribution is -0.154. The topological polar surface area (TPSA) is 132 Å². The number of phosphoric acid groups is 1. The quantitative estimate of drug-likeness (QED) is 0.0238. The zero-order valence-corrected chi connectivity index (χ0v) is 36.8. The van der Waals surface area contributed by atoms with Crippen LogP contribution in [0.1, 0.15) is 226 Å². The lowest BCUT2D eigenvalue weighted by atomic mass is 10.0. The zero-order valence-electron chi connectivity index (χ0n) is 35.9. The second-order valence-electron chi connectivity index (χ2n) is 15.8. The number of unbranched alkanes of at least 4 members (excludes halogenated alkanes) is 29. The van der Waals surface area contributed by atoms with Gasteiger partial charge in [0.05, 0.1) is 26.4 Å². The molecule has 0 saturated heterocycles. The molecule has 0 heterocycles. The Morgan fingerprint density at radius 2 is 0.945 bits per heavy atom. The molecule has 0 radical (unpaired) electrons. The fourth-order valence-electron chi connectivity index (χ4n) is 6.63. The van der Waals surface area contributed by atoms with Crippen molar-refractivity contribution in [3.63, 3.8) is 0 Å². The van der Waals surface area contributed by atoms with Crippen LogP contribution in [0.25, 0.3) is 0 Å². The van der Waals surface area contributed by atoms with Crippen molar-refractivity contribution in [3.05, 3.63) is 12.2 Å². The van der Waals surface area contributed by atoms with E-state index in [4.69, 9.17) is 23.6 Å². The van der Waals surface area contributed by atoms with Crippen LogP contribution in [0.3, 0.4) is 0 Å². The summed E-state index contributed by atoms with van der Waals surface area (Å²) in [6.07, 6.45) is 43.3. The van der Waals surface area contributed by atoms with Gasteiger partial charge in [-0.3, -0.25) is 13.8 Å². The van der Waals surface area contributed by atoms with E-state index in [0.717, 1.165) is 57.8 Å². The monoisotopic (exact) mass is 805 g/mol. The first-order valence-electron chi connectivity index (χ1n) is 23.2. The minimum atomic E-state index is -4.51. The van der Waals surface area contributed by atoms with Crippen LogP contribution in [0, 0.1) is 0 Å². The molecule has 10 heteroatoms. The molecule has 9 nitrogen and oxygen atoms in total. The Kier molecular flexibility index (Phi) is 42.2. The molecule has 3 unspecified atom stereocenters. The highest BCUT2D eigenvalue weighted by Crippen LogP contribution is 2.43. The number of hydrogen-bond donors (Lipinski definition) is 3. The predicted octanol–water partition coefficient (Wildman–Crippen LogP) is 12.9. The van der Waals surface area contributed by atoms with Crippen LogP contribution in [0.4, 0.5) is 0 Å². The standard InChI is InChI=1S/C45H89O9P/c1-3-5-7-9-11-13-15-16-17-18-19-20-21-22-23-24-25-26-28-30-32-34-36-38-51-41-44(42-53-55(49,50)52-40-43(47)39-46)54-45(48)37-35-33-31-29-27-14-12-10-8-6-4-2/h10,12,43-44,46-47H,3-9,11,13-42H2,1-2H3,(H,49,50)/b12-10-. The van der Waals surface area contributed by atoms with Crippen molar-refractivity contribution in [1.29, 1.82) is 0 Å². The first kappa shape index (κ1) is 54.2. The first-order chi connectivity index (χ1) is 26.8. The van der Waals surface area contributed by atoms with Crippen LogP contribution in [-0.4, -0.2) is 66.3 Å². The van der Waals surface area contributed by atoms with E-state index in [2.05, 4.69) is 26.0 Å². The molecule has 0 aromatic heterocycles. The van der Waals surface area contributed by atoms with E-state index < -0.39 is 33.2 Å². The maximum Gasteiger partial charge on any atom is 0.472 e. The molecule has 0 amide bonds. The lowest BCUT2D eigenvalue weighted by Gasteiger charge is -2.20. The fraction of sp³-hybridized carbons (Fsp3) is 0.933. The Labute approximate surface area is 339 Å². The van der Waals surface area contributed by atoms with Crippen molar-refractivity contribution in [2.45, 2.75) is 238 Å². The van der Waals surface area contributed by atoms with Gasteiger partial charge in [0.1, 0.15) is 12.2 Å². The summed E-state index contributed by atoms with van der Waals surface area (Å²) >= 11 is 0. The van der Waals surface area contributed by atoms with Crippen molar-refractivity contribution in [2.24, 2.45) is 0 Å². The second-order valence-corrected chi connectivity index (χ2v) is 17.2. The van der Waals surface area contributed by atoms with Crippen molar-refractivity contribution >= 4 is 13.8 Å². The van der Waals surface area contributed by atoms with Gasteiger partial charge in [0.15, 0.2) is 0 Å². The van der Waals surface area contributed by atoms with E-state index in [-0.39, 0.29) is 25.6 Å². The molecule has 0 aliphatic heterocycles. The highest BCUT2D eigenvalue weighted by molar-refractivity contribution is 7.47. The van der Waals surface area contributed by atoms with Crippen LogP contribution < -0.4 is 0 Å². The summed E-state index contributed by atoms with van der Waals surface area (Å²) in [5.41, 5.74) is 0. The maximum atomic E-state index is 12.6. The van der Waals surface area contributed by atoms with Gasteiger partial charge in [-0.15, -0.1) is 0 Å². The molecule has 0 bridgehead atoms. The molecule has 0 saturated carbocycles. The van der Waals surface area contributed by atoms with Crippen LogP contribution in [0.2, 0.25) is 0 Å². The predicted molar refractivity (Wildman–Crippen MR) is 228 cm³/mol. The molecular formula is C45H89O9P. The van der Waals surface area contributed by atoms with Crippen LogP contribution in [-0.2, 0) is 27.9 Å². The summed E-state index contributed by atoms with van der Waals surface area (Å²) in [5.74, 6) is -0.389. The summed E-state index contributed by atoms with van der Waals surface area (Å²) in [6.45, 7) is 3.51. The van der Waals surface area contributed by atoms with Crippen LogP contribution in [0.5, 0.6) is 0 Å². The Bertz CT molecular complexity index is 871. The van der Waals surface area contributed by atoms with Crippen molar-refractivity contribution in [2.75, 3.05) is 33.0 Å². The zero-order chi connectivity index (χ0) is 40.3. The maximum absolute atomic E-state index is 12.6. The molecule has 55 heavy (non-hydrogen) atoms. The molecule has 0 aliphatic rings. The minimum Gasteiger partial charge on any atom is -0.457 e. The molecule has 3 atom stereocenters. The van der Waals surface area contributed by atoms with E-state index in [1.165, 1.54) is 148 Å². The number of rotatable bonds is 45. The summed E-state index contributed by atoms with van der Waals surface area (Å²) in [6, 6.07) is 0. The average Bonchev–Trinajstić information content (AvgIpc) is 3.18. The Hall–Kier alpha value is -0.800. The van der Waals surface area contributed by atoms with Crippen LogP contribution >= 0.6 is 7.82 Å². The molecule has 0 aromatic carbocycles. The molecule has 0 aliphatic carbocycles. The number of allylic oxidation sites excluding steroid dienone is 2. The SMILES string of the molecule is CCCC/C=C\CCCCCCCC(=O)OC(COCCCCCCCCCCCCCCCCCCCCCCCCC)COP(=O)(O)OCC(O)CO. The smallest absolute Gasteiger partial charge is 0.457 e. The number of carbonyl (C=O) groups is 1. The van der Waals surface area contributed by atoms with Gasteiger partial charge in [-0.1, -0.05) is 199 Å². The molecule has 0 fully saturated rings. The van der Waals surface area contributed by atoms with E-state index in [9.17, 15) is 19.4 Å². The summed E-state index contributed by atoms with van der Waals surface area (Å²) in [5, 5.41) is 18.3. The number of carbonyl (C=O) groups excluding carboxylic acids is 1. The fourth-order valence-corrected chi connectivity index (χ4v) is 7.42. The van der Waals surface area contributed by atoms with E-state index in [1.54, 1.807) is 0 Å². The molecule has 0 rings (SSSR count). The number of aliphatic hydroxyl groups excluding tert-OH is 2. The number of esters is 1. The third kappa shape index (κ3) is 42.6. The summed E-state index contributed by atoms with van der Waals surface area (Å²) in [7, 11) is -4.51. The largest absolute Gasteiger partial charge is 0.472 e. The van der Waals surface area contributed by atoms with Gasteiger partial charge in [0.25, 0.3) is 0 Å². The van der Waals surface area contributed by atoms with Gasteiger partial charge >= 0.3 is 13.8 Å². The Morgan fingerprint density at radius 3 is 1.42 bits per heavy atom. The molecule has 3 N–H and O–H groups in total. The number of hydrogen-bond acceptors (Lipinski definition) is 8. The molecular weight excluding hydrogens is 715 g/mol. The first-order valence-corrected chi connectivity index (χ1v) is 24.7. The van der Waals surface area contributed by atoms with Gasteiger partial charge < -0.3 is 24.6 Å². The van der Waals surface area contributed by atoms with Crippen molar-refractivity contribution < 1.29 is 43.0 Å². The van der Waals surface area contributed by atoms with Gasteiger partial charge in [-0.05, 0) is 32.1 Å². The molecule has 0 aromatic rings. The molecule has 328 valence electrons. The molecule has 0 spiro atoms. The van der Waals surface area contributed by atoms with E-state index in [0.29, 0.717) is 6.61 Å². The number of phosphoric ester groups is 1. The van der Waals surface area contributed by atoms with E-state index >= 15 is 0 Å². The van der Waals surface area contributed by atoms with Crippen LogP contribution in [0.15, 0.2) is 12.2 Å². The van der Waals surface area contributed by atoms with Crippen molar-refractivity contribution in [3.8, 4) is 0 Å². The Morgan fingerprint density at radius 1 is 0.545 bits per heavy atom.